The van der Waals surface area contributed by atoms with Crippen LogP contribution in [0, 0.1) is 19.8 Å². The minimum Gasteiger partial charge on any atom is -0.314 e. The van der Waals surface area contributed by atoms with Crippen molar-refractivity contribution in [3.8, 4) is 0 Å². The monoisotopic (exact) mass is 288 g/mol. The van der Waals surface area contributed by atoms with Gasteiger partial charge in [-0.1, -0.05) is 38.5 Å². The highest BCUT2D eigenvalue weighted by Crippen LogP contribution is 2.22. The number of aryl methyl sites for hydroxylation is 2. The first-order valence-electron chi connectivity index (χ1n) is 8.65. The molecule has 0 radical (unpaired) electrons. The van der Waals surface area contributed by atoms with Gasteiger partial charge in [0, 0.05) is 19.1 Å². The van der Waals surface area contributed by atoms with Gasteiger partial charge in [0.1, 0.15) is 0 Å². The second-order valence-electron chi connectivity index (χ2n) is 6.67. The van der Waals surface area contributed by atoms with Crippen LogP contribution in [0.1, 0.15) is 49.8 Å². The summed E-state index contributed by atoms with van der Waals surface area (Å²) in [7, 11) is 0. The van der Waals surface area contributed by atoms with Crippen LogP contribution in [-0.4, -0.2) is 30.6 Å². The van der Waals surface area contributed by atoms with Crippen molar-refractivity contribution in [1.82, 2.24) is 10.2 Å². The maximum atomic E-state index is 3.75. The Balaban J connectivity index is 1.92. The van der Waals surface area contributed by atoms with Crippen molar-refractivity contribution >= 4 is 0 Å². The third kappa shape index (κ3) is 4.55. The molecular weight excluding hydrogens is 256 g/mol. The number of likely N-dealkylation sites (tertiary alicyclic amines) is 1. The van der Waals surface area contributed by atoms with E-state index in [9.17, 15) is 0 Å². The fourth-order valence-corrected chi connectivity index (χ4v) is 3.42. The lowest BCUT2D eigenvalue weighted by molar-refractivity contribution is 0.129. The third-order valence-electron chi connectivity index (χ3n) is 4.98. The topological polar surface area (TPSA) is 15.3 Å². The summed E-state index contributed by atoms with van der Waals surface area (Å²) in [6.07, 6.45) is 3.81. The van der Waals surface area contributed by atoms with E-state index in [2.05, 4.69) is 56.1 Å². The zero-order chi connectivity index (χ0) is 15.2. The summed E-state index contributed by atoms with van der Waals surface area (Å²) in [5.74, 6) is 0.803. The molecule has 0 bridgehead atoms. The molecule has 1 N–H and O–H groups in total. The number of benzene rings is 1. The van der Waals surface area contributed by atoms with Gasteiger partial charge in [0.25, 0.3) is 0 Å². The first-order chi connectivity index (χ1) is 10.1. The summed E-state index contributed by atoms with van der Waals surface area (Å²) in [6.45, 7) is 13.7. The lowest BCUT2D eigenvalue weighted by Crippen LogP contribution is -2.49. The predicted molar refractivity (Wildman–Crippen MR) is 91.7 cm³/mol. The van der Waals surface area contributed by atoms with Crippen molar-refractivity contribution in [2.45, 2.75) is 59.5 Å². The molecule has 2 atom stereocenters. The van der Waals surface area contributed by atoms with Gasteiger partial charge in [0.05, 0.1) is 0 Å². The van der Waals surface area contributed by atoms with Crippen LogP contribution in [-0.2, 0) is 6.54 Å². The lowest BCUT2D eigenvalue weighted by Gasteiger charge is -2.39. The molecule has 1 heterocycles. The van der Waals surface area contributed by atoms with E-state index in [-0.39, 0.29) is 0 Å². The SMILES string of the molecule is CCCNC1CCN(Cc2ccc(C)c(C)c2)CC1CC. The Morgan fingerprint density at radius 1 is 1.19 bits per heavy atom. The van der Waals surface area contributed by atoms with E-state index in [0.29, 0.717) is 0 Å². The summed E-state index contributed by atoms with van der Waals surface area (Å²) in [5, 5.41) is 3.75. The quantitative estimate of drug-likeness (QED) is 0.854. The van der Waals surface area contributed by atoms with Gasteiger partial charge < -0.3 is 5.32 Å². The van der Waals surface area contributed by atoms with Crippen LogP contribution in [0.25, 0.3) is 0 Å². The first-order valence-corrected chi connectivity index (χ1v) is 8.65. The van der Waals surface area contributed by atoms with Crippen LogP contribution in [0.2, 0.25) is 0 Å². The predicted octanol–water partition coefficient (Wildman–Crippen LogP) is 3.90. The van der Waals surface area contributed by atoms with Crippen LogP contribution in [0.15, 0.2) is 18.2 Å². The van der Waals surface area contributed by atoms with Crippen molar-refractivity contribution in [2.75, 3.05) is 19.6 Å². The molecule has 2 heteroatoms. The molecule has 1 aliphatic rings. The van der Waals surface area contributed by atoms with Crippen molar-refractivity contribution in [3.63, 3.8) is 0 Å². The summed E-state index contributed by atoms with van der Waals surface area (Å²) in [5.41, 5.74) is 4.28. The summed E-state index contributed by atoms with van der Waals surface area (Å²) < 4.78 is 0. The summed E-state index contributed by atoms with van der Waals surface area (Å²) >= 11 is 0. The van der Waals surface area contributed by atoms with Gasteiger partial charge in [-0.25, -0.2) is 0 Å². The van der Waals surface area contributed by atoms with Crippen LogP contribution >= 0.6 is 0 Å². The molecule has 1 aromatic rings. The minimum atomic E-state index is 0.728. The summed E-state index contributed by atoms with van der Waals surface area (Å²) in [6, 6.07) is 7.64. The fourth-order valence-electron chi connectivity index (χ4n) is 3.42. The molecule has 21 heavy (non-hydrogen) atoms. The van der Waals surface area contributed by atoms with E-state index in [0.717, 1.165) is 18.5 Å². The van der Waals surface area contributed by atoms with Crippen molar-refractivity contribution in [2.24, 2.45) is 5.92 Å². The smallest absolute Gasteiger partial charge is 0.0233 e. The van der Waals surface area contributed by atoms with Gasteiger partial charge in [-0.2, -0.15) is 0 Å². The van der Waals surface area contributed by atoms with Crippen molar-refractivity contribution in [3.05, 3.63) is 34.9 Å². The highest BCUT2D eigenvalue weighted by atomic mass is 15.1. The molecule has 1 fully saturated rings. The number of hydrogen-bond donors (Lipinski definition) is 1. The van der Waals surface area contributed by atoms with Gasteiger partial charge >= 0.3 is 0 Å². The second kappa shape index (κ2) is 7.95. The molecule has 0 saturated carbocycles. The average molecular weight is 288 g/mol. The Hall–Kier alpha value is -0.860. The Morgan fingerprint density at radius 2 is 2.00 bits per heavy atom. The molecule has 0 amide bonds. The normalized spacial score (nSPS) is 23.4. The molecule has 1 saturated heterocycles. The highest BCUT2D eigenvalue weighted by molar-refractivity contribution is 5.29. The standard InChI is InChI=1S/C19H32N2/c1-5-10-20-19-9-11-21(14-18(19)6-2)13-17-8-7-15(3)16(4)12-17/h7-8,12,18-20H,5-6,9-11,13-14H2,1-4H3. The number of nitrogens with one attached hydrogen (secondary N) is 1. The van der Waals surface area contributed by atoms with Crippen molar-refractivity contribution in [1.29, 1.82) is 0 Å². The number of nitrogens with zero attached hydrogens (tertiary/aromatic N) is 1. The Morgan fingerprint density at radius 3 is 2.67 bits per heavy atom. The van der Waals surface area contributed by atoms with Crippen LogP contribution in [0.4, 0.5) is 0 Å². The second-order valence-corrected chi connectivity index (χ2v) is 6.67. The van der Waals surface area contributed by atoms with Crippen LogP contribution < -0.4 is 5.32 Å². The van der Waals surface area contributed by atoms with Crippen molar-refractivity contribution < 1.29 is 0 Å². The Kier molecular flexibility index (Phi) is 6.25. The van der Waals surface area contributed by atoms with E-state index in [1.807, 2.05) is 0 Å². The zero-order valence-corrected chi connectivity index (χ0v) is 14.3. The largest absolute Gasteiger partial charge is 0.314 e. The molecule has 2 unspecified atom stereocenters. The summed E-state index contributed by atoms with van der Waals surface area (Å²) in [4.78, 5) is 2.64. The molecule has 0 aromatic heterocycles. The van der Waals surface area contributed by atoms with E-state index >= 15 is 0 Å². The number of rotatable bonds is 6. The van der Waals surface area contributed by atoms with Gasteiger partial charge in [-0.3, -0.25) is 4.90 Å². The molecule has 2 rings (SSSR count). The maximum Gasteiger partial charge on any atom is 0.0233 e. The molecule has 1 aliphatic heterocycles. The number of hydrogen-bond acceptors (Lipinski definition) is 2. The van der Waals surface area contributed by atoms with Gasteiger partial charge in [0.15, 0.2) is 0 Å². The van der Waals surface area contributed by atoms with Gasteiger partial charge in [-0.15, -0.1) is 0 Å². The molecular formula is C19H32N2. The molecule has 0 spiro atoms. The Labute approximate surface area is 130 Å². The zero-order valence-electron chi connectivity index (χ0n) is 14.3. The van der Waals surface area contributed by atoms with Gasteiger partial charge in [0.2, 0.25) is 0 Å². The lowest BCUT2D eigenvalue weighted by atomic mass is 9.89. The van der Waals surface area contributed by atoms with E-state index in [1.54, 1.807) is 0 Å². The van der Waals surface area contributed by atoms with Gasteiger partial charge in [-0.05, 0) is 62.4 Å². The van der Waals surface area contributed by atoms with E-state index in [1.165, 1.54) is 55.6 Å². The first kappa shape index (κ1) is 16.5. The number of piperidine rings is 1. The van der Waals surface area contributed by atoms with E-state index < -0.39 is 0 Å². The maximum absolute atomic E-state index is 3.75. The van der Waals surface area contributed by atoms with E-state index in [4.69, 9.17) is 0 Å². The van der Waals surface area contributed by atoms with Crippen LogP contribution in [0.5, 0.6) is 0 Å². The Bertz CT molecular complexity index is 441. The fraction of sp³-hybridized carbons (Fsp3) is 0.684. The van der Waals surface area contributed by atoms with Crippen LogP contribution in [0.3, 0.4) is 0 Å². The third-order valence-corrected chi connectivity index (χ3v) is 4.98. The molecule has 1 aromatic carbocycles. The molecule has 118 valence electrons. The minimum absolute atomic E-state index is 0.728. The molecule has 0 aliphatic carbocycles. The molecule has 2 nitrogen and oxygen atoms in total. The highest BCUT2D eigenvalue weighted by Gasteiger charge is 2.27. The average Bonchev–Trinajstić information content (AvgIpc) is 2.49.